The van der Waals surface area contributed by atoms with Gasteiger partial charge in [0.25, 0.3) is 5.56 Å². The Kier molecular flexibility index (Phi) is 4.04. The molecule has 0 aliphatic carbocycles. The predicted octanol–water partition coefficient (Wildman–Crippen LogP) is 3.08. The Morgan fingerprint density at radius 3 is 2.74 bits per heavy atom. The molecule has 0 saturated heterocycles. The van der Waals surface area contributed by atoms with E-state index in [0.717, 1.165) is 21.3 Å². The smallest absolute Gasteiger partial charge is 0.254 e. The van der Waals surface area contributed by atoms with Crippen LogP contribution in [0.25, 0.3) is 11.4 Å². The van der Waals surface area contributed by atoms with Gasteiger partial charge in [0.1, 0.15) is 11.6 Å². The number of aromatic amines is 1. The molecular formula is C14H15BrN2O2. The van der Waals surface area contributed by atoms with Gasteiger partial charge >= 0.3 is 0 Å². The molecule has 0 aliphatic heterocycles. The molecule has 0 spiro atoms. The summed E-state index contributed by atoms with van der Waals surface area (Å²) >= 11 is 3.41. The fourth-order valence-electron chi connectivity index (χ4n) is 2.02. The number of methoxy groups -OCH3 is 1. The maximum Gasteiger partial charge on any atom is 0.254 e. The number of benzene rings is 1. The Labute approximate surface area is 120 Å². The van der Waals surface area contributed by atoms with Gasteiger partial charge in [-0.2, -0.15) is 0 Å². The first-order valence-corrected chi connectivity index (χ1v) is 6.79. The van der Waals surface area contributed by atoms with Gasteiger partial charge in [0.05, 0.1) is 12.7 Å². The van der Waals surface area contributed by atoms with Crippen molar-refractivity contribution in [2.75, 3.05) is 7.11 Å². The molecule has 100 valence electrons. The van der Waals surface area contributed by atoms with Gasteiger partial charge in [0, 0.05) is 15.7 Å². The zero-order valence-electron chi connectivity index (χ0n) is 11.1. The molecule has 0 aliphatic rings. The summed E-state index contributed by atoms with van der Waals surface area (Å²) in [6.45, 7) is 3.79. The van der Waals surface area contributed by atoms with Gasteiger partial charge in [-0.05, 0) is 31.5 Å². The van der Waals surface area contributed by atoms with Crippen molar-refractivity contribution in [2.24, 2.45) is 0 Å². The second-order valence-electron chi connectivity index (χ2n) is 4.18. The summed E-state index contributed by atoms with van der Waals surface area (Å²) in [5.41, 5.74) is 2.15. The molecule has 19 heavy (non-hydrogen) atoms. The predicted molar refractivity (Wildman–Crippen MR) is 78.7 cm³/mol. The molecule has 0 saturated carbocycles. The van der Waals surface area contributed by atoms with E-state index in [1.165, 1.54) is 0 Å². The number of hydrogen-bond donors (Lipinski definition) is 1. The van der Waals surface area contributed by atoms with E-state index in [-0.39, 0.29) is 5.56 Å². The third-order valence-corrected chi connectivity index (χ3v) is 3.49. The molecule has 0 bridgehead atoms. The van der Waals surface area contributed by atoms with Crippen molar-refractivity contribution < 1.29 is 4.74 Å². The topological polar surface area (TPSA) is 55.0 Å². The van der Waals surface area contributed by atoms with Crippen LogP contribution in [0.5, 0.6) is 5.75 Å². The number of H-pyrrole nitrogens is 1. The highest BCUT2D eigenvalue weighted by molar-refractivity contribution is 9.10. The fraction of sp³-hybridized carbons (Fsp3) is 0.286. The Morgan fingerprint density at radius 1 is 1.42 bits per heavy atom. The Hall–Kier alpha value is -1.62. The molecule has 1 N–H and O–H groups in total. The summed E-state index contributed by atoms with van der Waals surface area (Å²) in [5.74, 6) is 1.20. The van der Waals surface area contributed by atoms with Crippen LogP contribution in [0.4, 0.5) is 0 Å². The molecule has 2 rings (SSSR count). The van der Waals surface area contributed by atoms with Crippen molar-refractivity contribution in [3.63, 3.8) is 0 Å². The molecule has 0 atom stereocenters. The van der Waals surface area contributed by atoms with Gasteiger partial charge in [0.15, 0.2) is 0 Å². The maximum atomic E-state index is 12.0. The fourth-order valence-corrected chi connectivity index (χ4v) is 2.38. The van der Waals surface area contributed by atoms with Crippen LogP contribution in [0.15, 0.2) is 27.5 Å². The van der Waals surface area contributed by atoms with E-state index >= 15 is 0 Å². The van der Waals surface area contributed by atoms with Crippen molar-refractivity contribution in [3.05, 3.63) is 44.3 Å². The summed E-state index contributed by atoms with van der Waals surface area (Å²) in [6.07, 6.45) is 0.671. The van der Waals surface area contributed by atoms with Crippen LogP contribution in [0.2, 0.25) is 0 Å². The molecule has 1 aromatic carbocycles. The average Bonchev–Trinajstić information content (AvgIpc) is 2.38. The number of rotatable bonds is 3. The highest BCUT2D eigenvalue weighted by atomic mass is 79.9. The average molecular weight is 323 g/mol. The Balaban J connectivity index is 2.66. The van der Waals surface area contributed by atoms with Gasteiger partial charge in [-0.3, -0.25) is 4.79 Å². The lowest BCUT2D eigenvalue weighted by Crippen LogP contribution is -2.16. The van der Waals surface area contributed by atoms with Crippen LogP contribution in [0, 0.1) is 6.92 Å². The summed E-state index contributed by atoms with van der Waals surface area (Å²) in [7, 11) is 1.60. The zero-order chi connectivity index (χ0) is 14.0. The first kappa shape index (κ1) is 13.8. The maximum absolute atomic E-state index is 12.0. The molecule has 0 amide bonds. The third-order valence-electron chi connectivity index (χ3n) is 2.99. The quantitative estimate of drug-likeness (QED) is 0.944. The normalized spacial score (nSPS) is 10.5. The SMILES string of the molecule is CCc1c(C)nc(-c2cc(Br)ccc2OC)[nH]c1=O. The molecular weight excluding hydrogens is 308 g/mol. The Bertz CT molecular complexity index is 665. The second-order valence-corrected chi connectivity index (χ2v) is 5.09. The minimum absolute atomic E-state index is 0.0907. The summed E-state index contributed by atoms with van der Waals surface area (Å²) in [4.78, 5) is 19.3. The summed E-state index contributed by atoms with van der Waals surface area (Å²) < 4.78 is 6.21. The minimum atomic E-state index is -0.0907. The summed E-state index contributed by atoms with van der Waals surface area (Å²) in [5, 5.41) is 0. The monoisotopic (exact) mass is 322 g/mol. The van der Waals surface area contributed by atoms with Gasteiger partial charge < -0.3 is 9.72 Å². The number of hydrogen-bond acceptors (Lipinski definition) is 3. The van der Waals surface area contributed by atoms with E-state index in [1.807, 2.05) is 32.0 Å². The van der Waals surface area contributed by atoms with Crippen LogP contribution in [0.3, 0.4) is 0 Å². The lowest BCUT2D eigenvalue weighted by atomic mass is 10.1. The van der Waals surface area contributed by atoms with E-state index in [2.05, 4.69) is 25.9 Å². The van der Waals surface area contributed by atoms with Crippen LogP contribution < -0.4 is 10.3 Å². The van der Waals surface area contributed by atoms with Crippen LogP contribution in [-0.2, 0) is 6.42 Å². The highest BCUT2D eigenvalue weighted by Gasteiger charge is 2.12. The van der Waals surface area contributed by atoms with E-state index in [4.69, 9.17) is 4.74 Å². The van der Waals surface area contributed by atoms with Crippen LogP contribution in [-0.4, -0.2) is 17.1 Å². The number of nitrogens with zero attached hydrogens (tertiary/aromatic N) is 1. The third kappa shape index (κ3) is 2.71. The first-order chi connectivity index (χ1) is 9.06. The largest absolute Gasteiger partial charge is 0.496 e. The molecule has 0 unspecified atom stereocenters. The Morgan fingerprint density at radius 2 is 2.16 bits per heavy atom. The lowest BCUT2D eigenvalue weighted by Gasteiger charge is -2.10. The van der Waals surface area contributed by atoms with Gasteiger partial charge in [-0.1, -0.05) is 22.9 Å². The number of halogens is 1. The number of ether oxygens (including phenoxy) is 1. The first-order valence-electron chi connectivity index (χ1n) is 6.00. The number of aryl methyl sites for hydroxylation is 1. The van der Waals surface area contributed by atoms with Crippen molar-refractivity contribution in [3.8, 4) is 17.1 Å². The molecule has 5 heteroatoms. The van der Waals surface area contributed by atoms with E-state index in [9.17, 15) is 4.79 Å². The standard InChI is InChI=1S/C14H15BrN2O2/c1-4-10-8(2)16-13(17-14(10)18)11-7-9(15)5-6-12(11)19-3/h5-7H,4H2,1-3H3,(H,16,17,18). The van der Waals surface area contributed by atoms with Crippen molar-refractivity contribution in [1.82, 2.24) is 9.97 Å². The van der Waals surface area contributed by atoms with E-state index < -0.39 is 0 Å². The number of aromatic nitrogens is 2. The molecule has 0 fully saturated rings. The molecule has 1 heterocycles. The molecule has 0 radical (unpaired) electrons. The van der Waals surface area contributed by atoms with Crippen LogP contribution >= 0.6 is 15.9 Å². The second kappa shape index (κ2) is 5.57. The number of nitrogens with one attached hydrogen (secondary N) is 1. The van der Waals surface area contributed by atoms with Crippen LogP contribution in [0.1, 0.15) is 18.2 Å². The van der Waals surface area contributed by atoms with Gasteiger partial charge in [-0.25, -0.2) is 4.98 Å². The van der Waals surface area contributed by atoms with Crippen molar-refractivity contribution >= 4 is 15.9 Å². The molecule has 2 aromatic rings. The van der Waals surface area contributed by atoms with E-state index in [0.29, 0.717) is 18.0 Å². The zero-order valence-corrected chi connectivity index (χ0v) is 12.7. The minimum Gasteiger partial charge on any atom is -0.496 e. The van der Waals surface area contributed by atoms with Crippen molar-refractivity contribution in [2.45, 2.75) is 20.3 Å². The van der Waals surface area contributed by atoms with Gasteiger partial charge in [0.2, 0.25) is 0 Å². The summed E-state index contributed by atoms with van der Waals surface area (Å²) in [6, 6.07) is 5.60. The molecule has 1 aromatic heterocycles. The van der Waals surface area contributed by atoms with E-state index in [1.54, 1.807) is 7.11 Å². The highest BCUT2D eigenvalue weighted by Crippen LogP contribution is 2.30. The van der Waals surface area contributed by atoms with Crippen molar-refractivity contribution in [1.29, 1.82) is 0 Å². The molecule has 4 nitrogen and oxygen atoms in total. The van der Waals surface area contributed by atoms with Gasteiger partial charge in [-0.15, -0.1) is 0 Å². The lowest BCUT2D eigenvalue weighted by molar-refractivity contribution is 0.416.